The van der Waals surface area contributed by atoms with E-state index in [0.717, 1.165) is 36.1 Å². The summed E-state index contributed by atoms with van der Waals surface area (Å²) in [5.41, 5.74) is 1.24. The number of anilines is 1. The monoisotopic (exact) mass is 379 g/mol. The second kappa shape index (κ2) is 7.11. The van der Waals surface area contributed by atoms with E-state index in [1.165, 1.54) is 31.4 Å². The fourth-order valence-corrected chi connectivity index (χ4v) is 4.25. The number of carbonyl (C=O) groups is 3. The maximum atomic E-state index is 12.4. The van der Waals surface area contributed by atoms with Crippen molar-refractivity contribution in [3.63, 3.8) is 0 Å². The first kappa shape index (κ1) is 18.4. The van der Waals surface area contributed by atoms with Gasteiger partial charge in [0.1, 0.15) is 5.00 Å². The van der Waals surface area contributed by atoms with Gasteiger partial charge in [0.15, 0.2) is 5.57 Å². The Morgan fingerprint density at radius 2 is 1.88 bits per heavy atom. The zero-order chi connectivity index (χ0) is 18.9. The fraction of sp³-hybridized carbons (Fsp3) is 0.500. The summed E-state index contributed by atoms with van der Waals surface area (Å²) in [6.45, 7) is 5.00. The lowest BCUT2D eigenvalue weighted by Gasteiger charge is -2.29. The van der Waals surface area contributed by atoms with E-state index in [1.54, 1.807) is 6.92 Å². The molecule has 1 aromatic heterocycles. The summed E-state index contributed by atoms with van der Waals surface area (Å²) >= 11 is 1.45. The van der Waals surface area contributed by atoms with Gasteiger partial charge in [0.25, 0.3) is 5.79 Å². The Bertz CT molecular complexity index is 770. The van der Waals surface area contributed by atoms with Crippen LogP contribution in [0.25, 0.3) is 0 Å². The quantitative estimate of drug-likeness (QED) is 0.488. The summed E-state index contributed by atoms with van der Waals surface area (Å²) in [5, 5.41) is 3.48. The third-order valence-corrected chi connectivity index (χ3v) is 5.34. The number of hydrogen-bond donors (Lipinski definition) is 1. The SMILES string of the molecule is CCOC(=O)c1c(NC=C2C(=O)OC(C)(C)OC2=O)sc2c1CCCC2. The highest BCUT2D eigenvalue weighted by Gasteiger charge is 2.39. The van der Waals surface area contributed by atoms with Gasteiger partial charge in [-0.3, -0.25) is 0 Å². The molecule has 0 aromatic carbocycles. The van der Waals surface area contributed by atoms with Crippen LogP contribution in [0, 0.1) is 0 Å². The summed E-state index contributed by atoms with van der Waals surface area (Å²) in [6.07, 6.45) is 5.05. The van der Waals surface area contributed by atoms with E-state index < -0.39 is 23.7 Å². The third-order valence-electron chi connectivity index (χ3n) is 4.12. The van der Waals surface area contributed by atoms with Crippen LogP contribution in [-0.4, -0.2) is 30.3 Å². The van der Waals surface area contributed by atoms with Gasteiger partial charge in [0, 0.05) is 24.9 Å². The lowest BCUT2D eigenvalue weighted by Crippen LogP contribution is -2.42. The van der Waals surface area contributed by atoms with E-state index in [2.05, 4.69) is 5.32 Å². The molecule has 3 rings (SSSR count). The number of rotatable bonds is 4. The molecule has 1 fully saturated rings. The molecule has 0 unspecified atom stereocenters. The Labute approximate surface area is 155 Å². The zero-order valence-corrected chi connectivity index (χ0v) is 15.8. The minimum atomic E-state index is -1.29. The number of carbonyl (C=O) groups excluding carboxylic acids is 3. The first-order valence-corrected chi connectivity index (χ1v) is 9.39. The Hall–Kier alpha value is -2.35. The van der Waals surface area contributed by atoms with Crippen molar-refractivity contribution in [2.24, 2.45) is 0 Å². The van der Waals surface area contributed by atoms with Crippen molar-refractivity contribution in [3.8, 4) is 0 Å². The summed E-state index contributed by atoms with van der Waals surface area (Å²) in [5.74, 6) is -3.22. The predicted molar refractivity (Wildman–Crippen MR) is 94.9 cm³/mol. The predicted octanol–water partition coefficient (Wildman–Crippen LogP) is 2.94. The Morgan fingerprint density at radius 1 is 1.23 bits per heavy atom. The van der Waals surface area contributed by atoms with Gasteiger partial charge in [-0.15, -0.1) is 11.3 Å². The van der Waals surface area contributed by atoms with E-state index in [0.29, 0.717) is 10.6 Å². The molecule has 2 heterocycles. The summed E-state index contributed by atoms with van der Waals surface area (Å²) in [7, 11) is 0. The van der Waals surface area contributed by atoms with Gasteiger partial charge in [-0.2, -0.15) is 0 Å². The average molecular weight is 379 g/mol. The number of thiophene rings is 1. The van der Waals surface area contributed by atoms with Gasteiger partial charge in [0.2, 0.25) is 0 Å². The maximum Gasteiger partial charge on any atom is 0.350 e. The van der Waals surface area contributed by atoms with Crippen LogP contribution in [0.1, 0.15) is 54.4 Å². The molecule has 0 radical (unpaired) electrons. The van der Waals surface area contributed by atoms with E-state index >= 15 is 0 Å². The fourth-order valence-electron chi connectivity index (χ4n) is 3.00. The molecule has 0 bridgehead atoms. The first-order chi connectivity index (χ1) is 12.3. The number of ether oxygens (including phenoxy) is 3. The Kier molecular flexibility index (Phi) is 5.04. The van der Waals surface area contributed by atoms with Crippen LogP contribution in [-0.2, 0) is 36.6 Å². The van der Waals surface area contributed by atoms with E-state index in [4.69, 9.17) is 14.2 Å². The highest BCUT2D eigenvalue weighted by Crippen LogP contribution is 2.38. The molecular formula is C18H21NO6S. The van der Waals surface area contributed by atoms with Crippen molar-refractivity contribution < 1.29 is 28.6 Å². The van der Waals surface area contributed by atoms with Crippen LogP contribution in [0.4, 0.5) is 5.00 Å². The summed E-state index contributed by atoms with van der Waals surface area (Å²) in [6, 6.07) is 0. The number of fused-ring (bicyclic) bond motifs is 1. The topological polar surface area (TPSA) is 90.9 Å². The molecule has 7 nitrogen and oxygen atoms in total. The zero-order valence-electron chi connectivity index (χ0n) is 15.0. The number of aryl methyl sites for hydroxylation is 1. The Balaban J connectivity index is 1.90. The molecule has 0 spiro atoms. The van der Waals surface area contributed by atoms with Crippen molar-refractivity contribution in [1.82, 2.24) is 0 Å². The van der Waals surface area contributed by atoms with Crippen LogP contribution in [0.5, 0.6) is 0 Å². The van der Waals surface area contributed by atoms with Crippen molar-refractivity contribution >= 4 is 34.2 Å². The number of esters is 3. The molecule has 140 valence electrons. The molecule has 2 aliphatic rings. The van der Waals surface area contributed by atoms with Crippen molar-refractivity contribution in [2.45, 2.75) is 52.2 Å². The lowest BCUT2D eigenvalue weighted by atomic mass is 9.95. The van der Waals surface area contributed by atoms with Gasteiger partial charge in [0.05, 0.1) is 12.2 Å². The maximum absolute atomic E-state index is 12.4. The van der Waals surface area contributed by atoms with E-state index in [9.17, 15) is 14.4 Å². The molecule has 1 aliphatic carbocycles. The molecule has 1 N–H and O–H groups in total. The molecular weight excluding hydrogens is 358 g/mol. The van der Waals surface area contributed by atoms with Gasteiger partial charge in [-0.25, -0.2) is 14.4 Å². The molecule has 1 saturated heterocycles. The summed E-state index contributed by atoms with van der Waals surface area (Å²) < 4.78 is 15.3. The minimum absolute atomic E-state index is 0.245. The minimum Gasteiger partial charge on any atom is -0.462 e. The second-order valence-electron chi connectivity index (χ2n) is 6.52. The van der Waals surface area contributed by atoms with E-state index in [1.807, 2.05) is 0 Å². The second-order valence-corrected chi connectivity index (χ2v) is 7.62. The van der Waals surface area contributed by atoms with Gasteiger partial charge >= 0.3 is 17.9 Å². The molecule has 1 aromatic rings. The molecule has 1 aliphatic heterocycles. The summed E-state index contributed by atoms with van der Waals surface area (Å²) in [4.78, 5) is 37.6. The number of hydrogen-bond acceptors (Lipinski definition) is 8. The first-order valence-electron chi connectivity index (χ1n) is 8.57. The standard InChI is InChI=1S/C18H21NO6S/c1-4-23-17(22)13-10-7-5-6-8-12(10)26-14(13)19-9-11-15(20)24-18(2,3)25-16(11)21/h9,19H,4-8H2,1-3H3. The van der Waals surface area contributed by atoms with Crippen LogP contribution < -0.4 is 5.32 Å². The lowest BCUT2D eigenvalue weighted by molar-refractivity contribution is -0.222. The molecule has 8 heteroatoms. The molecule has 26 heavy (non-hydrogen) atoms. The average Bonchev–Trinajstić information content (AvgIpc) is 2.91. The number of nitrogens with one attached hydrogen (secondary N) is 1. The molecule has 0 atom stereocenters. The largest absolute Gasteiger partial charge is 0.462 e. The highest BCUT2D eigenvalue weighted by atomic mass is 32.1. The molecule has 0 saturated carbocycles. The van der Waals surface area contributed by atoms with Crippen molar-refractivity contribution in [2.75, 3.05) is 11.9 Å². The van der Waals surface area contributed by atoms with Crippen LogP contribution in [0.2, 0.25) is 0 Å². The van der Waals surface area contributed by atoms with Crippen LogP contribution >= 0.6 is 11.3 Å². The number of cyclic esters (lactones) is 2. The molecule has 0 amide bonds. The smallest absolute Gasteiger partial charge is 0.350 e. The van der Waals surface area contributed by atoms with Gasteiger partial charge < -0.3 is 19.5 Å². The van der Waals surface area contributed by atoms with Crippen molar-refractivity contribution in [3.05, 3.63) is 27.8 Å². The highest BCUT2D eigenvalue weighted by molar-refractivity contribution is 7.16. The van der Waals surface area contributed by atoms with Gasteiger partial charge in [-0.05, 0) is 38.2 Å². The van der Waals surface area contributed by atoms with Crippen LogP contribution in [0.15, 0.2) is 11.8 Å². The Morgan fingerprint density at radius 3 is 2.54 bits per heavy atom. The van der Waals surface area contributed by atoms with Crippen molar-refractivity contribution in [1.29, 1.82) is 0 Å². The van der Waals surface area contributed by atoms with Gasteiger partial charge in [-0.1, -0.05) is 0 Å². The van der Waals surface area contributed by atoms with Crippen LogP contribution in [0.3, 0.4) is 0 Å². The normalized spacial score (nSPS) is 18.5. The van der Waals surface area contributed by atoms with E-state index in [-0.39, 0.29) is 12.2 Å². The third kappa shape index (κ3) is 3.60.